The predicted octanol–water partition coefficient (Wildman–Crippen LogP) is 6.06. The smallest absolute Gasteiger partial charge is 0.102 e. The highest BCUT2D eigenvalue weighted by molar-refractivity contribution is 7.95. The Labute approximate surface area is 163 Å². The number of nitrogens with zero attached hydrogens (tertiary/aromatic N) is 4. The Balaban J connectivity index is 1.94. The molecule has 4 nitrogen and oxygen atoms in total. The maximum Gasteiger partial charge on any atom is 0.102 e. The number of hydrogen-bond donors (Lipinski definition) is 0. The standard InChI is InChI=1S/C18H20Cl2N4S/c1-13-9-15(19)5-7-17(13)21-11-23(3)25-24(4)12-22-18-8-6-16(20)10-14(18)2/h5-12H,1-4H3/b21-11-,22-12-. The quantitative estimate of drug-likeness (QED) is 0.339. The Bertz CT molecular complexity index is 727. The van der Waals surface area contributed by atoms with Crippen LogP contribution in [0, 0.1) is 13.8 Å². The zero-order valence-corrected chi connectivity index (χ0v) is 16.9. The van der Waals surface area contributed by atoms with Crippen LogP contribution in [0.1, 0.15) is 11.1 Å². The molecule has 0 bridgehead atoms. The summed E-state index contributed by atoms with van der Waals surface area (Å²) in [6.07, 6.45) is 3.53. The molecule has 0 heterocycles. The summed E-state index contributed by atoms with van der Waals surface area (Å²) in [7, 11) is 3.86. The largest absolute Gasteiger partial charge is 0.292 e. The highest BCUT2D eigenvalue weighted by Gasteiger charge is 2.01. The minimum Gasteiger partial charge on any atom is -0.292 e. The molecule has 0 fully saturated rings. The lowest BCUT2D eigenvalue weighted by Crippen LogP contribution is -2.16. The fourth-order valence-corrected chi connectivity index (χ4v) is 3.10. The average molecular weight is 395 g/mol. The summed E-state index contributed by atoms with van der Waals surface area (Å²) in [6.45, 7) is 3.97. The highest BCUT2D eigenvalue weighted by atomic mass is 35.5. The summed E-state index contributed by atoms with van der Waals surface area (Å²) in [4.78, 5) is 8.96. The summed E-state index contributed by atoms with van der Waals surface area (Å²) >= 11 is 13.4. The lowest BCUT2D eigenvalue weighted by atomic mass is 10.2. The molecule has 0 amide bonds. The molecule has 0 aliphatic carbocycles. The van der Waals surface area contributed by atoms with Gasteiger partial charge in [-0.2, -0.15) is 0 Å². The topological polar surface area (TPSA) is 31.2 Å². The van der Waals surface area contributed by atoms with Crippen LogP contribution < -0.4 is 0 Å². The maximum absolute atomic E-state index is 5.96. The second-order valence-corrected chi connectivity index (χ2v) is 7.71. The summed E-state index contributed by atoms with van der Waals surface area (Å²) in [5.74, 6) is 0. The van der Waals surface area contributed by atoms with Crippen LogP contribution in [-0.4, -0.2) is 35.4 Å². The van der Waals surface area contributed by atoms with Crippen molar-refractivity contribution in [3.63, 3.8) is 0 Å². The molecule has 0 aliphatic heterocycles. The average Bonchev–Trinajstić information content (AvgIpc) is 2.53. The second-order valence-electron chi connectivity index (χ2n) is 5.52. The molecular formula is C18H20Cl2N4S. The number of benzene rings is 2. The van der Waals surface area contributed by atoms with Gasteiger partial charge in [0.25, 0.3) is 0 Å². The van der Waals surface area contributed by atoms with E-state index in [0.717, 1.165) is 22.5 Å². The van der Waals surface area contributed by atoms with E-state index in [1.807, 2.05) is 73.0 Å². The van der Waals surface area contributed by atoms with Crippen LogP contribution in [0.2, 0.25) is 10.0 Å². The first kappa shape index (κ1) is 19.6. The van der Waals surface area contributed by atoms with Crippen LogP contribution in [0.5, 0.6) is 0 Å². The van der Waals surface area contributed by atoms with Crippen molar-refractivity contribution in [3.05, 3.63) is 57.6 Å². The van der Waals surface area contributed by atoms with Gasteiger partial charge in [0, 0.05) is 24.1 Å². The first-order valence-electron chi connectivity index (χ1n) is 7.59. The van der Waals surface area contributed by atoms with Crippen LogP contribution in [-0.2, 0) is 0 Å². The molecule has 2 rings (SSSR count). The third-order valence-electron chi connectivity index (χ3n) is 3.29. The van der Waals surface area contributed by atoms with Crippen molar-refractivity contribution in [2.45, 2.75) is 13.8 Å². The van der Waals surface area contributed by atoms with Crippen molar-refractivity contribution in [1.29, 1.82) is 0 Å². The molecule has 2 aromatic rings. The minimum absolute atomic E-state index is 0.715. The van der Waals surface area contributed by atoms with E-state index in [0.29, 0.717) is 10.0 Å². The van der Waals surface area contributed by atoms with Gasteiger partial charge < -0.3 is 0 Å². The van der Waals surface area contributed by atoms with Gasteiger partial charge in [0.15, 0.2) is 0 Å². The van der Waals surface area contributed by atoms with Gasteiger partial charge in [-0.15, -0.1) is 0 Å². The minimum atomic E-state index is 0.715. The SMILES string of the molecule is Cc1cc(Cl)ccc1/N=C\N(C)SN(C)/C=N\c1ccc(Cl)cc1C. The van der Waals surface area contributed by atoms with E-state index >= 15 is 0 Å². The fraction of sp³-hybridized carbons (Fsp3) is 0.222. The lowest BCUT2D eigenvalue weighted by molar-refractivity contribution is 0.779. The van der Waals surface area contributed by atoms with Crippen molar-refractivity contribution in [3.8, 4) is 0 Å². The molecule has 2 aromatic carbocycles. The van der Waals surface area contributed by atoms with Gasteiger partial charge in [-0.25, -0.2) is 9.98 Å². The van der Waals surface area contributed by atoms with Crippen molar-refractivity contribution in [2.24, 2.45) is 9.98 Å². The molecule has 0 spiro atoms. The van der Waals surface area contributed by atoms with Gasteiger partial charge in [-0.05, 0) is 61.4 Å². The van der Waals surface area contributed by atoms with Crippen LogP contribution in [0.4, 0.5) is 11.4 Å². The zero-order valence-electron chi connectivity index (χ0n) is 14.6. The van der Waals surface area contributed by atoms with Gasteiger partial charge in [-0.1, -0.05) is 23.2 Å². The van der Waals surface area contributed by atoms with E-state index in [9.17, 15) is 0 Å². The summed E-state index contributed by atoms with van der Waals surface area (Å²) in [6, 6.07) is 11.3. The Kier molecular flexibility index (Phi) is 7.17. The van der Waals surface area contributed by atoms with E-state index in [1.54, 1.807) is 12.7 Å². The molecular weight excluding hydrogens is 375 g/mol. The maximum atomic E-state index is 5.96. The van der Waals surface area contributed by atoms with Crippen molar-refractivity contribution in [1.82, 2.24) is 8.61 Å². The van der Waals surface area contributed by atoms with Crippen molar-refractivity contribution >= 4 is 59.4 Å². The second kappa shape index (κ2) is 9.13. The van der Waals surface area contributed by atoms with Gasteiger partial charge in [0.2, 0.25) is 0 Å². The Hall–Kier alpha value is -1.69. The fourth-order valence-electron chi connectivity index (χ4n) is 2.06. The molecule has 0 unspecified atom stereocenters. The number of rotatable bonds is 6. The number of aliphatic imine (C=N–C) groups is 2. The Morgan fingerprint density at radius 2 is 1.20 bits per heavy atom. The van der Waals surface area contributed by atoms with E-state index in [1.165, 1.54) is 12.1 Å². The molecule has 0 saturated carbocycles. The van der Waals surface area contributed by atoms with E-state index in [2.05, 4.69) is 9.98 Å². The third-order valence-corrected chi connectivity index (χ3v) is 4.47. The highest BCUT2D eigenvalue weighted by Crippen LogP contribution is 2.23. The molecule has 0 saturated heterocycles. The van der Waals surface area contributed by atoms with Gasteiger partial charge in [0.1, 0.15) is 12.7 Å². The summed E-state index contributed by atoms with van der Waals surface area (Å²) in [5, 5.41) is 1.43. The van der Waals surface area contributed by atoms with E-state index in [4.69, 9.17) is 23.2 Å². The normalized spacial score (nSPS) is 11.4. The van der Waals surface area contributed by atoms with Gasteiger partial charge in [0.05, 0.1) is 23.5 Å². The molecule has 7 heteroatoms. The number of aryl methyl sites for hydroxylation is 2. The van der Waals surface area contributed by atoms with Crippen LogP contribution >= 0.6 is 35.3 Å². The van der Waals surface area contributed by atoms with Crippen molar-refractivity contribution < 1.29 is 0 Å². The number of halogens is 2. The van der Waals surface area contributed by atoms with Crippen molar-refractivity contribution in [2.75, 3.05) is 14.1 Å². The first-order valence-corrected chi connectivity index (χ1v) is 9.08. The molecule has 0 atom stereocenters. The third kappa shape index (κ3) is 6.27. The monoisotopic (exact) mass is 394 g/mol. The van der Waals surface area contributed by atoms with E-state index < -0.39 is 0 Å². The predicted molar refractivity (Wildman–Crippen MR) is 112 cm³/mol. The van der Waals surface area contributed by atoms with E-state index in [-0.39, 0.29) is 0 Å². The van der Waals surface area contributed by atoms with Crippen LogP contribution in [0.15, 0.2) is 46.4 Å². The first-order chi connectivity index (χ1) is 11.8. The Morgan fingerprint density at radius 3 is 1.56 bits per heavy atom. The molecule has 25 heavy (non-hydrogen) atoms. The molecule has 0 radical (unpaired) electrons. The zero-order chi connectivity index (χ0) is 18.4. The summed E-state index contributed by atoms with van der Waals surface area (Å²) < 4.78 is 3.80. The molecule has 132 valence electrons. The number of hydrogen-bond acceptors (Lipinski definition) is 3. The summed E-state index contributed by atoms with van der Waals surface area (Å²) in [5.41, 5.74) is 3.86. The van der Waals surface area contributed by atoms with Crippen LogP contribution in [0.3, 0.4) is 0 Å². The lowest BCUT2D eigenvalue weighted by Gasteiger charge is -2.18. The molecule has 0 aliphatic rings. The molecule has 0 N–H and O–H groups in total. The van der Waals surface area contributed by atoms with Gasteiger partial charge >= 0.3 is 0 Å². The Morgan fingerprint density at radius 1 is 0.800 bits per heavy atom. The van der Waals surface area contributed by atoms with Crippen LogP contribution in [0.25, 0.3) is 0 Å². The van der Waals surface area contributed by atoms with Gasteiger partial charge in [-0.3, -0.25) is 8.61 Å². The molecule has 0 aromatic heterocycles.